The van der Waals surface area contributed by atoms with E-state index in [0.29, 0.717) is 5.56 Å². The van der Waals surface area contributed by atoms with Gasteiger partial charge in [0.1, 0.15) is 23.9 Å². The summed E-state index contributed by atoms with van der Waals surface area (Å²) in [5.74, 6) is -0.740. The van der Waals surface area contributed by atoms with Crippen molar-refractivity contribution in [1.29, 1.82) is 0 Å². The van der Waals surface area contributed by atoms with Gasteiger partial charge in [0.2, 0.25) is 0 Å². The number of ketones is 1. The molecule has 2 aromatic rings. The van der Waals surface area contributed by atoms with Crippen molar-refractivity contribution in [3.63, 3.8) is 0 Å². The van der Waals surface area contributed by atoms with Gasteiger partial charge in [-0.05, 0) is 31.2 Å². The van der Waals surface area contributed by atoms with Gasteiger partial charge in [-0.25, -0.2) is 4.39 Å². The minimum absolute atomic E-state index is 0.0102. The molecule has 0 saturated heterocycles. The Labute approximate surface area is 125 Å². The van der Waals surface area contributed by atoms with Crippen molar-refractivity contribution in [2.75, 3.05) is 0 Å². The molecule has 0 spiro atoms. The number of benzene rings is 2. The minimum atomic E-state index is -2.94. The van der Waals surface area contributed by atoms with Crippen LogP contribution in [0.3, 0.4) is 0 Å². The van der Waals surface area contributed by atoms with Gasteiger partial charge in [0.25, 0.3) is 0 Å². The quantitative estimate of drug-likeness (QED) is 0.750. The Morgan fingerprint density at radius 1 is 1.14 bits per heavy atom. The van der Waals surface area contributed by atoms with E-state index in [0.717, 1.165) is 12.1 Å². The Hall–Kier alpha value is -2.50. The zero-order valence-electron chi connectivity index (χ0n) is 11.7. The van der Waals surface area contributed by atoms with E-state index in [4.69, 9.17) is 4.74 Å². The number of carbonyl (C=O) groups is 1. The maximum atomic E-state index is 13.2. The normalized spacial score (nSPS) is 10.6. The van der Waals surface area contributed by atoms with Crippen LogP contribution in [0.4, 0.5) is 13.2 Å². The smallest absolute Gasteiger partial charge is 0.387 e. The second-order valence-corrected chi connectivity index (χ2v) is 4.47. The Bertz CT molecular complexity index is 671. The number of alkyl halides is 2. The molecule has 0 atom stereocenters. The highest BCUT2D eigenvalue weighted by atomic mass is 19.3. The Morgan fingerprint density at radius 2 is 1.86 bits per heavy atom. The molecule has 22 heavy (non-hydrogen) atoms. The van der Waals surface area contributed by atoms with Gasteiger partial charge in [-0.15, -0.1) is 0 Å². The predicted molar refractivity (Wildman–Crippen MR) is 73.8 cm³/mol. The number of hydrogen-bond acceptors (Lipinski definition) is 3. The molecule has 0 aliphatic carbocycles. The first-order valence-electron chi connectivity index (χ1n) is 6.43. The molecule has 0 N–H and O–H groups in total. The summed E-state index contributed by atoms with van der Waals surface area (Å²) in [6.45, 7) is -1.75. The zero-order chi connectivity index (χ0) is 16.1. The van der Waals surface area contributed by atoms with E-state index in [-0.39, 0.29) is 29.5 Å². The number of carbonyl (C=O) groups excluding carboxylic acids is 1. The molecule has 6 heteroatoms. The van der Waals surface area contributed by atoms with Gasteiger partial charge >= 0.3 is 6.61 Å². The number of halogens is 3. The van der Waals surface area contributed by atoms with E-state index in [1.54, 1.807) is 18.2 Å². The highest BCUT2D eigenvalue weighted by Crippen LogP contribution is 2.25. The van der Waals surface area contributed by atoms with Crippen LogP contribution < -0.4 is 9.47 Å². The summed E-state index contributed by atoms with van der Waals surface area (Å²) >= 11 is 0. The number of Topliss-reactive ketones (excluding diaryl/α,β-unsaturated/α-hetero) is 1. The number of ether oxygens (including phenoxy) is 2. The molecule has 0 bridgehead atoms. The molecule has 0 aliphatic rings. The van der Waals surface area contributed by atoms with Crippen LogP contribution in [0.5, 0.6) is 11.5 Å². The standard InChI is InChI=1S/C16H13F3O3/c1-10(20)13-8-12(17)6-7-15(13)21-9-11-4-2-3-5-14(11)22-16(18)19/h2-8,16H,9H2,1H3. The molecule has 0 aliphatic heterocycles. The molecule has 2 aromatic carbocycles. The fraction of sp³-hybridized carbons (Fsp3) is 0.188. The molecule has 0 heterocycles. The van der Waals surface area contributed by atoms with Crippen LogP contribution in [0.2, 0.25) is 0 Å². The molecule has 0 aromatic heterocycles. The third-order valence-corrected chi connectivity index (χ3v) is 2.89. The van der Waals surface area contributed by atoms with Crippen LogP contribution in [-0.4, -0.2) is 12.4 Å². The first-order valence-corrected chi connectivity index (χ1v) is 6.43. The number of para-hydroxylation sites is 1. The Morgan fingerprint density at radius 3 is 2.55 bits per heavy atom. The number of rotatable bonds is 6. The summed E-state index contributed by atoms with van der Waals surface area (Å²) in [5.41, 5.74) is 0.480. The predicted octanol–water partition coefficient (Wildman–Crippen LogP) is 4.21. The Kier molecular flexibility index (Phi) is 5.04. The Balaban J connectivity index is 2.19. The van der Waals surface area contributed by atoms with Crippen LogP contribution in [0, 0.1) is 5.82 Å². The molecule has 3 nitrogen and oxygen atoms in total. The van der Waals surface area contributed by atoms with Gasteiger partial charge in [0.05, 0.1) is 5.56 Å². The SMILES string of the molecule is CC(=O)c1cc(F)ccc1OCc1ccccc1OC(F)F. The largest absolute Gasteiger partial charge is 0.488 e. The van der Waals surface area contributed by atoms with Crippen molar-refractivity contribution in [2.45, 2.75) is 20.1 Å². The van der Waals surface area contributed by atoms with E-state index in [2.05, 4.69) is 4.74 Å². The first kappa shape index (κ1) is 15.9. The minimum Gasteiger partial charge on any atom is -0.488 e. The van der Waals surface area contributed by atoms with Crippen LogP contribution in [0.1, 0.15) is 22.8 Å². The van der Waals surface area contributed by atoms with Crippen molar-refractivity contribution in [2.24, 2.45) is 0 Å². The molecule has 0 fully saturated rings. The third kappa shape index (κ3) is 4.00. The summed E-state index contributed by atoms with van der Waals surface area (Å²) < 4.78 is 47.7. The van der Waals surface area contributed by atoms with Crippen LogP contribution in [0.15, 0.2) is 42.5 Å². The lowest BCUT2D eigenvalue weighted by atomic mass is 10.1. The van der Waals surface area contributed by atoms with E-state index in [1.165, 1.54) is 19.1 Å². The van der Waals surface area contributed by atoms with E-state index in [9.17, 15) is 18.0 Å². The second-order valence-electron chi connectivity index (χ2n) is 4.47. The zero-order valence-corrected chi connectivity index (χ0v) is 11.7. The van der Waals surface area contributed by atoms with Crippen molar-refractivity contribution in [1.82, 2.24) is 0 Å². The maximum absolute atomic E-state index is 13.2. The van der Waals surface area contributed by atoms with Gasteiger partial charge in [-0.3, -0.25) is 4.79 Å². The summed E-state index contributed by atoms with van der Waals surface area (Å²) in [5, 5.41) is 0. The van der Waals surface area contributed by atoms with Crippen LogP contribution in [-0.2, 0) is 6.61 Å². The summed E-state index contributed by atoms with van der Waals surface area (Å²) in [4.78, 5) is 11.5. The van der Waals surface area contributed by atoms with Crippen molar-refractivity contribution in [3.8, 4) is 11.5 Å². The van der Waals surface area contributed by atoms with Crippen LogP contribution >= 0.6 is 0 Å². The van der Waals surface area contributed by atoms with E-state index in [1.807, 2.05) is 0 Å². The lowest BCUT2D eigenvalue weighted by molar-refractivity contribution is -0.0508. The highest BCUT2D eigenvalue weighted by Gasteiger charge is 2.13. The lowest BCUT2D eigenvalue weighted by Crippen LogP contribution is -2.07. The molecular formula is C16H13F3O3. The van der Waals surface area contributed by atoms with Gasteiger partial charge in [0.15, 0.2) is 5.78 Å². The van der Waals surface area contributed by atoms with Crippen LogP contribution in [0.25, 0.3) is 0 Å². The number of hydrogen-bond donors (Lipinski definition) is 0. The van der Waals surface area contributed by atoms with Gasteiger partial charge in [0, 0.05) is 5.56 Å². The fourth-order valence-corrected chi connectivity index (χ4v) is 1.89. The second kappa shape index (κ2) is 6.98. The lowest BCUT2D eigenvalue weighted by Gasteiger charge is -2.13. The van der Waals surface area contributed by atoms with Gasteiger partial charge in [-0.2, -0.15) is 8.78 Å². The topological polar surface area (TPSA) is 35.5 Å². The molecule has 0 radical (unpaired) electrons. The summed E-state index contributed by atoms with van der Waals surface area (Å²) in [7, 11) is 0. The van der Waals surface area contributed by atoms with E-state index < -0.39 is 12.4 Å². The highest BCUT2D eigenvalue weighted by molar-refractivity contribution is 5.96. The maximum Gasteiger partial charge on any atom is 0.387 e. The third-order valence-electron chi connectivity index (χ3n) is 2.89. The molecule has 0 saturated carbocycles. The molecule has 0 unspecified atom stereocenters. The van der Waals surface area contributed by atoms with Gasteiger partial charge < -0.3 is 9.47 Å². The summed E-state index contributed by atoms with van der Waals surface area (Å²) in [6, 6.07) is 9.70. The van der Waals surface area contributed by atoms with Crippen molar-refractivity contribution >= 4 is 5.78 Å². The summed E-state index contributed by atoms with van der Waals surface area (Å²) in [6.07, 6.45) is 0. The van der Waals surface area contributed by atoms with E-state index >= 15 is 0 Å². The average molecular weight is 310 g/mol. The molecular weight excluding hydrogens is 297 g/mol. The van der Waals surface area contributed by atoms with Gasteiger partial charge in [-0.1, -0.05) is 18.2 Å². The molecule has 0 amide bonds. The van der Waals surface area contributed by atoms with Crippen molar-refractivity contribution < 1.29 is 27.4 Å². The van der Waals surface area contributed by atoms with Crippen molar-refractivity contribution in [3.05, 3.63) is 59.4 Å². The fourth-order valence-electron chi connectivity index (χ4n) is 1.89. The molecule has 116 valence electrons. The average Bonchev–Trinajstić information content (AvgIpc) is 2.46. The first-order chi connectivity index (χ1) is 10.5. The monoisotopic (exact) mass is 310 g/mol. The molecule has 2 rings (SSSR count).